The Morgan fingerprint density at radius 2 is 2.00 bits per heavy atom. The molecular formula is C22H30O5. The molecule has 2 fully saturated rings. The molecule has 1 saturated carbocycles. The number of ether oxygens (including phenoxy) is 2. The van der Waals surface area contributed by atoms with Gasteiger partial charge in [-0.3, -0.25) is 4.79 Å². The largest absolute Gasteiger partial charge is 0.458 e. The number of benzene rings is 1. The standard InChI is InChI=1S/C22H30O5/c1-14(2)18-10-9-15(3)12-22(18,25)19-11-17(27-21(19)24)13-26-20(23)16-7-5-4-6-8-16/h4-8,14-15,17-19,25H,9-13H2,1-3H3/t15-,17+,18+,19-,22+/m1/s1. The van der Waals surface area contributed by atoms with E-state index < -0.39 is 23.6 Å². The molecule has 0 amide bonds. The molecule has 0 unspecified atom stereocenters. The van der Waals surface area contributed by atoms with E-state index in [-0.39, 0.29) is 18.5 Å². The summed E-state index contributed by atoms with van der Waals surface area (Å²) in [5.74, 6) is -0.582. The van der Waals surface area contributed by atoms with Gasteiger partial charge in [0.25, 0.3) is 0 Å². The number of esters is 2. The van der Waals surface area contributed by atoms with Crippen molar-refractivity contribution in [2.24, 2.45) is 23.7 Å². The molecule has 1 N–H and O–H groups in total. The molecule has 1 aliphatic carbocycles. The zero-order valence-corrected chi connectivity index (χ0v) is 16.4. The Morgan fingerprint density at radius 3 is 2.67 bits per heavy atom. The highest BCUT2D eigenvalue weighted by molar-refractivity contribution is 5.89. The van der Waals surface area contributed by atoms with Crippen LogP contribution in [0.5, 0.6) is 0 Å². The molecule has 1 heterocycles. The van der Waals surface area contributed by atoms with Gasteiger partial charge >= 0.3 is 11.9 Å². The summed E-state index contributed by atoms with van der Waals surface area (Å²) in [6.45, 7) is 6.35. The predicted octanol–water partition coefficient (Wildman–Crippen LogP) is 3.60. The first-order valence-electron chi connectivity index (χ1n) is 9.96. The highest BCUT2D eigenvalue weighted by atomic mass is 16.6. The maximum absolute atomic E-state index is 12.6. The number of hydrogen-bond acceptors (Lipinski definition) is 5. The maximum Gasteiger partial charge on any atom is 0.338 e. The number of aliphatic hydroxyl groups is 1. The minimum Gasteiger partial charge on any atom is -0.458 e. The van der Waals surface area contributed by atoms with Crippen LogP contribution in [0.4, 0.5) is 0 Å². The summed E-state index contributed by atoms with van der Waals surface area (Å²) in [5.41, 5.74) is -0.570. The number of rotatable bonds is 5. The van der Waals surface area contributed by atoms with Gasteiger partial charge in [-0.2, -0.15) is 0 Å². The van der Waals surface area contributed by atoms with Crippen LogP contribution in [0.2, 0.25) is 0 Å². The van der Waals surface area contributed by atoms with E-state index in [4.69, 9.17) is 9.47 Å². The van der Waals surface area contributed by atoms with Crippen LogP contribution >= 0.6 is 0 Å². The lowest BCUT2D eigenvalue weighted by molar-refractivity contribution is -0.162. The molecule has 5 atom stereocenters. The second-order valence-electron chi connectivity index (χ2n) is 8.54. The van der Waals surface area contributed by atoms with Crippen LogP contribution in [0.25, 0.3) is 0 Å². The van der Waals surface area contributed by atoms with Gasteiger partial charge in [-0.1, -0.05) is 45.4 Å². The van der Waals surface area contributed by atoms with Crippen LogP contribution in [-0.2, 0) is 14.3 Å². The smallest absolute Gasteiger partial charge is 0.338 e. The van der Waals surface area contributed by atoms with E-state index in [9.17, 15) is 14.7 Å². The molecule has 1 aliphatic heterocycles. The van der Waals surface area contributed by atoms with E-state index in [0.29, 0.717) is 30.2 Å². The normalized spacial score (nSPS) is 33.7. The van der Waals surface area contributed by atoms with Gasteiger partial charge < -0.3 is 14.6 Å². The van der Waals surface area contributed by atoms with Crippen LogP contribution in [-0.4, -0.2) is 35.4 Å². The summed E-state index contributed by atoms with van der Waals surface area (Å²) in [7, 11) is 0. The van der Waals surface area contributed by atoms with E-state index in [1.165, 1.54) is 0 Å². The highest BCUT2D eigenvalue weighted by Gasteiger charge is 2.55. The molecule has 1 aromatic rings. The summed E-state index contributed by atoms with van der Waals surface area (Å²) >= 11 is 0. The minimum absolute atomic E-state index is 0.0218. The van der Waals surface area contributed by atoms with Gasteiger partial charge in [0.2, 0.25) is 0 Å². The molecular weight excluding hydrogens is 344 g/mol. The Balaban J connectivity index is 1.65. The van der Waals surface area contributed by atoms with Crippen molar-refractivity contribution in [3.05, 3.63) is 35.9 Å². The summed E-state index contributed by atoms with van der Waals surface area (Å²) in [4.78, 5) is 24.7. The Bertz CT molecular complexity index is 671. The molecule has 0 spiro atoms. The lowest BCUT2D eigenvalue weighted by Gasteiger charge is -2.47. The van der Waals surface area contributed by atoms with E-state index in [1.807, 2.05) is 6.07 Å². The second kappa shape index (κ2) is 8.01. The fourth-order valence-corrected chi connectivity index (χ4v) is 4.83. The molecule has 0 radical (unpaired) electrons. The monoisotopic (exact) mass is 374 g/mol. The van der Waals surface area contributed by atoms with Crippen LogP contribution in [0.3, 0.4) is 0 Å². The molecule has 3 rings (SSSR count). The third kappa shape index (κ3) is 4.18. The lowest BCUT2D eigenvalue weighted by Crippen LogP contribution is -2.52. The van der Waals surface area contributed by atoms with Gasteiger partial charge in [0.05, 0.1) is 17.1 Å². The third-order valence-electron chi connectivity index (χ3n) is 6.17. The van der Waals surface area contributed by atoms with Crippen molar-refractivity contribution in [1.82, 2.24) is 0 Å². The lowest BCUT2D eigenvalue weighted by atomic mass is 9.61. The highest BCUT2D eigenvalue weighted by Crippen LogP contribution is 2.48. The fraction of sp³-hybridized carbons (Fsp3) is 0.636. The van der Waals surface area contributed by atoms with Gasteiger partial charge in [0.1, 0.15) is 12.7 Å². The number of carbonyl (C=O) groups is 2. The molecule has 27 heavy (non-hydrogen) atoms. The number of carbonyl (C=O) groups excluding carboxylic acids is 2. The number of hydrogen-bond donors (Lipinski definition) is 1. The molecule has 0 aromatic heterocycles. The van der Waals surface area contributed by atoms with E-state index >= 15 is 0 Å². The quantitative estimate of drug-likeness (QED) is 0.797. The van der Waals surface area contributed by atoms with Gasteiger partial charge in [-0.15, -0.1) is 0 Å². The topological polar surface area (TPSA) is 72.8 Å². The van der Waals surface area contributed by atoms with Crippen molar-refractivity contribution in [3.8, 4) is 0 Å². The average Bonchev–Trinajstić information content (AvgIpc) is 3.01. The summed E-state index contributed by atoms with van der Waals surface area (Å²) in [6, 6.07) is 8.75. The van der Waals surface area contributed by atoms with Crippen LogP contribution in [0, 0.1) is 23.7 Å². The first-order chi connectivity index (χ1) is 12.8. The zero-order chi connectivity index (χ0) is 19.6. The van der Waals surface area contributed by atoms with Crippen molar-refractivity contribution in [2.75, 3.05) is 6.61 Å². The Kier molecular flexibility index (Phi) is 5.89. The summed E-state index contributed by atoms with van der Waals surface area (Å²) in [6.07, 6.45) is 2.52. The van der Waals surface area contributed by atoms with Crippen molar-refractivity contribution in [3.63, 3.8) is 0 Å². The first-order valence-corrected chi connectivity index (χ1v) is 9.96. The molecule has 5 nitrogen and oxygen atoms in total. The number of cyclic esters (lactones) is 1. The Morgan fingerprint density at radius 1 is 1.30 bits per heavy atom. The second-order valence-corrected chi connectivity index (χ2v) is 8.54. The van der Waals surface area contributed by atoms with Crippen LogP contribution in [0.15, 0.2) is 30.3 Å². The van der Waals surface area contributed by atoms with Gasteiger partial charge in [-0.25, -0.2) is 4.79 Å². The predicted molar refractivity (Wildman–Crippen MR) is 101 cm³/mol. The molecule has 1 aromatic carbocycles. The van der Waals surface area contributed by atoms with Crippen LogP contribution in [0.1, 0.15) is 56.8 Å². The summed E-state index contributed by atoms with van der Waals surface area (Å²) in [5, 5.41) is 11.5. The SMILES string of the molecule is CC(C)[C@@H]1CC[C@@H](C)C[C@@]1(O)[C@@H]1C[C@@H](COC(=O)c2ccccc2)OC1=O. The van der Waals surface area contributed by atoms with E-state index in [2.05, 4.69) is 20.8 Å². The molecule has 0 bridgehead atoms. The van der Waals surface area contributed by atoms with Gasteiger partial charge in [-0.05, 0) is 42.7 Å². The van der Waals surface area contributed by atoms with E-state index in [0.717, 1.165) is 12.8 Å². The molecule has 5 heteroatoms. The van der Waals surface area contributed by atoms with Crippen molar-refractivity contribution >= 4 is 11.9 Å². The van der Waals surface area contributed by atoms with Gasteiger partial charge in [0.15, 0.2) is 0 Å². The average molecular weight is 374 g/mol. The molecule has 1 saturated heterocycles. The fourth-order valence-electron chi connectivity index (χ4n) is 4.83. The first kappa shape index (κ1) is 19.9. The van der Waals surface area contributed by atoms with Crippen molar-refractivity contribution in [2.45, 2.75) is 58.2 Å². The third-order valence-corrected chi connectivity index (χ3v) is 6.17. The minimum atomic E-state index is -1.04. The van der Waals surface area contributed by atoms with Crippen molar-refractivity contribution < 1.29 is 24.2 Å². The van der Waals surface area contributed by atoms with Crippen LogP contribution < -0.4 is 0 Å². The summed E-state index contributed by atoms with van der Waals surface area (Å²) < 4.78 is 10.8. The Labute approximate surface area is 161 Å². The van der Waals surface area contributed by atoms with Gasteiger partial charge in [0, 0.05) is 6.42 Å². The molecule has 2 aliphatic rings. The Hall–Kier alpha value is -1.88. The maximum atomic E-state index is 12.6. The van der Waals surface area contributed by atoms with E-state index in [1.54, 1.807) is 24.3 Å². The zero-order valence-electron chi connectivity index (χ0n) is 16.4. The van der Waals surface area contributed by atoms with Crippen molar-refractivity contribution in [1.29, 1.82) is 0 Å². The molecule has 148 valence electrons.